The standard InChI is InChI=1S/C31H35N7O4/c1-21(39)29(40)37-13-10-26(11-14-37)42-28-8-5-23(19-24(28)20-32)27-9-12-33-31(35-27)34-25-6-3-22(4-7-25)30(41)38-17-15-36(2)16-18-38/h3-9,12,19,21,26,39H,10-11,13-18H2,1-2H3,(H,33,34,35)/t21-/m0/s1. The van der Waals surface area contributed by atoms with Crippen LogP contribution in [0.3, 0.4) is 0 Å². The first-order chi connectivity index (χ1) is 20.3. The van der Waals surface area contributed by atoms with E-state index >= 15 is 0 Å². The van der Waals surface area contributed by atoms with Gasteiger partial charge in [-0.05, 0) is 62.5 Å². The monoisotopic (exact) mass is 569 g/mol. The maximum atomic E-state index is 12.8. The number of aliphatic hydroxyl groups is 1. The summed E-state index contributed by atoms with van der Waals surface area (Å²) in [7, 11) is 2.06. The van der Waals surface area contributed by atoms with Crippen molar-refractivity contribution < 1.29 is 19.4 Å². The molecule has 0 saturated carbocycles. The molecule has 2 amide bonds. The van der Waals surface area contributed by atoms with Gasteiger partial charge in [0.1, 0.15) is 24.0 Å². The summed E-state index contributed by atoms with van der Waals surface area (Å²) in [6.07, 6.45) is 1.75. The fourth-order valence-electron chi connectivity index (χ4n) is 5.11. The van der Waals surface area contributed by atoms with Gasteiger partial charge in [0.05, 0.1) is 11.3 Å². The molecule has 218 valence electrons. The highest BCUT2D eigenvalue weighted by atomic mass is 16.5. The lowest BCUT2D eigenvalue weighted by atomic mass is 10.1. The number of rotatable bonds is 7. The number of piperazine rings is 1. The zero-order chi connectivity index (χ0) is 29.6. The number of carbonyl (C=O) groups is 2. The summed E-state index contributed by atoms with van der Waals surface area (Å²) < 4.78 is 6.13. The lowest BCUT2D eigenvalue weighted by molar-refractivity contribution is -0.141. The molecule has 3 heterocycles. The van der Waals surface area contributed by atoms with E-state index in [9.17, 15) is 20.0 Å². The van der Waals surface area contributed by atoms with Gasteiger partial charge < -0.3 is 29.9 Å². The van der Waals surface area contributed by atoms with E-state index in [0.29, 0.717) is 54.4 Å². The largest absolute Gasteiger partial charge is 0.489 e. The van der Waals surface area contributed by atoms with Crippen LogP contribution in [0.2, 0.25) is 0 Å². The van der Waals surface area contributed by atoms with Crippen LogP contribution in [-0.2, 0) is 4.79 Å². The van der Waals surface area contributed by atoms with Gasteiger partial charge in [0.15, 0.2) is 0 Å². The van der Waals surface area contributed by atoms with Crippen molar-refractivity contribution in [1.82, 2.24) is 24.7 Å². The highest BCUT2D eigenvalue weighted by Gasteiger charge is 2.26. The Hall–Kier alpha value is -4.53. The van der Waals surface area contributed by atoms with Gasteiger partial charge >= 0.3 is 0 Å². The third-order valence-corrected chi connectivity index (χ3v) is 7.63. The fraction of sp³-hybridized carbons (Fsp3) is 0.387. The van der Waals surface area contributed by atoms with E-state index in [4.69, 9.17) is 4.74 Å². The van der Waals surface area contributed by atoms with Crippen molar-refractivity contribution in [2.75, 3.05) is 51.6 Å². The Balaban J connectivity index is 1.22. The Morgan fingerprint density at radius 1 is 1.02 bits per heavy atom. The van der Waals surface area contributed by atoms with Gasteiger partial charge in [-0.1, -0.05) is 0 Å². The molecular weight excluding hydrogens is 534 g/mol. The maximum absolute atomic E-state index is 12.8. The lowest BCUT2D eigenvalue weighted by Gasteiger charge is -2.33. The number of nitrogens with zero attached hydrogens (tertiary/aromatic N) is 6. The molecule has 3 aromatic rings. The summed E-state index contributed by atoms with van der Waals surface area (Å²) in [5.74, 6) is 0.635. The number of likely N-dealkylation sites (N-methyl/N-ethyl adjacent to an activating group) is 1. The molecular formula is C31H35N7O4. The van der Waals surface area contributed by atoms with Gasteiger partial charge in [-0.3, -0.25) is 9.59 Å². The third-order valence-electron chi connectivity index (χ3n) is 7.63. The normalized spacial score (nSPS) is 16.9. The molecule has 11 nitrogen and oxygen atoms in total. The summed E-state index contributed by atoms with van der Waals surface area (Å²) >= 11 is 0. The molecule has 2 fully saturated rings. The van der Waals surface area contributed by atoms with Crippen molar-refractivity contribution in [2.24, 2.45) is 0 Å². The van der Waals surface area contributed by atoms with Crippen LogP contribution in [0.4, 0.5) is 11.6 Å². The number of hydrogen-bond donors (Lipinski definition) is 2. The first-order valence-electron chi connectivity index (χ1n) is 14.2. The number of nitriles is 1. The highest BCUT2D eigenvalue weighted by Crippen LogP contribution is 2.28. The zero-order valence-corrected chi connectivity index (χ0v) is 23.9. The molecule has 5 rings (SSSR count). The Labute approximate surface area is 245 Å². The van der Waals surface area contributed by atoms with Crippen LogP contribution in [0.25, 0.3) is 11.3 Å². The van der Waals surface area contributed by atoms with E-state index in [0.717, 1.165) is 37.4 Å². The van der Waals surface area contributed by atoms with E-state index in [1.54, 1.807) is 41.4 Å². The average Bonchev–Trinajstić information content (AvgIpc) is 3.02. The van der Waals surface area contributed by atoms with Gasteiger partial charge in [0.25, 0.3) is 11.8 Å². The van der Waals surface area contributed by atoms with Gasteiger partial charge in [-0.2, -0.15) is 5.26 Å². The lowest BCUT2D eigenvalue weighted by Crippen LogP contribution is -2.47. The molecule has 2 aliphatic rings. The summed E-state index contributed by atoms with van der Waals surface area (Å²) in [6.45, 7) is 5.67. The smallest absolute Gasteiger partial charge is 0.253 e. The van der Waals surface area contributed by atoms with Crippen LogP contribution in [0.15, 0.2) is 54.7 Å². The summed E-state index contributed by atoms with van der Waals surface area (Å²) in [5.41, 5.74) is 3.18. The topological polar surface area (TPSA) is 135 Å². The van der Waals surface area contributed by atoms with E-state index in [2.05, 4.69) is 33.3 Å². The maximum Gasteiger partial charge on any atom is 0.253 e. The highest BCUT2D eigenvalue weighted by molar-refractivity contribution is 5.94. The number of carbonyl (C=O) groups excluding carboxylic acids is 2. The third kappa shape index (κ3) is 6.84. The van der Waals surface area contributed by atoms with Crippen LogP contribution in [0, 0.1) is 11.3 Å². The minimum atomic E-state index is -1.01. The van der Waals surface area contributed by atoms with Crippen molar-refractivity contribution >= 4 is 23.5 Å². The van der Waals surface area contributed by atoms with Crippen LogP contribution in [0.5, 0.6) is 5.75 Å². The molecule has 2 N–H and O–H groups in total. The predicted molar refractivity (Wildman–Crippen MR) is 157 cm³/mol. The second kappa shape index (κ2) is 13.0. The van der Waals surface area contributed by atoms with Gasteiger partial charge in [0.2, 0.25) is 5.95 Å². The van der Waals surface area contributed by atoms with Gasteiger partial charge in [0, 0.05) is 75.1 Å². The first kappa shape index (κ1) is 29.0. The van der Waals surface area contributed by atoms with E-state index in [1.165, 1.54) is 6.92 Å². The number of piperidine rings is 1. The Bertz CT molecular complexity index is 1450. The zero-order valence-electron chi connectivity index (χ0n) is 23.9. The number of likely N-dealkylation sites (tertiary alicyclic amines) is 1. The molecule has 0 bridgehead atoms. The molecule has 2 aromatic carbocycles. The second-order valence-electron chi connectivity index (χ2n) is 10.7. The number of amides is 2. The van der Waals surface area contributed by atoms with E-state index in [-0.39, 0.29) is 17.9 Å². The SMILES string of the molecule is C[C@H](O)C(=O)N1CCC(Oc2ccc(-c3ccnc(Nc4ccc(C(=O)N5CCN(C)CC5)cc4)n3)cc2C#N)CC1. The van der Waals surface area contributed by atoms with Crippen molar-refractivity contribution in [1.29, 1.82) is 5.26 Å². The second-order valence-corrected chi connectivity index (χ2v) is 10.7. The van der Waals surface area contributed by atoms with Crippen LogP contribution < -0.4 is 10.1 Å². The first-order valence-corrected chi connectivity index (χ1v) is 14.2. The molecule has 11 heteroatoms. The minimum Gasteiger partial charge on any atom is -0.489 e. The fourth-order valence-corrected chi connectivity index (χ4v) is 5.11. The molecule has 1 aromatic heterocycles. The molecule has 0 unspecified atom stereocenters. The molecule has 0 aliphatic carbocycles. The number of anilines is 2. The predicted octanol–water partition coefficient (Wildman–Crippen LogP) is 2.90. The number of hydrogen-bond acceptors (Lipinski definition) is 9. The quantitative estimate of drug-likeness (QED) is 0.440. The molecule has 1 atom stereocenters. The molecule has 42 heavy (non-hydrogen) atoms. The van der Waals surface area contributed by atoms with Crippen molar-refractivity contribution in [3.63, 3.8) is 0 Å². The molecule has 2 aliphatic heterocycles. The Kier molecular flexibility index (Phi) is 8.95. The van der Waals surface area contributed by atoms with E-state index in [1.807, 2.05) is 23.1 Å². The summed E-state index contributed by atoms with van der Waals surface area (Å²) in [5, 5.41) is 22.6. The summed E-state index contributed by atoms with van der Waals surface area (Å²) in [6, 6.07) is 16.6. The van der Waals surface area contributed by atoms with Crippen molar-refractivity contribution in [3.8, 4) is 23.1 Å². The van der Waals surface area contributed by atoms with Crippen LogP contribution >= 0.6 is 0 Å². The van der Waals surface area contributed by atoms with Crippen LogP contribution in [0.1, 0.15) is 35.7 Å². The van der Waals surface area contributed by atoms with E-state index < -0.39 is 6.10 Å². The van der Waals surface area contributed by atoms with Gasteiger partial charge in [-0.25, -0.2) is 9.97 Å². The number of aliphatic hydroxyl groups excluding tert-OH is 1. The average molecular weight is 570 g/mol. The molecule has 0 radical (unpaired) electrons. The number of aromatic nitrogens is 2. The van der Waals surface area contributed by atoms with Gasteiger partial charge in [-0.15, -0.1) is 0 Å². The number of ether oxygens (including phenoxy) is 1. The Morgan fingerprint density at radius 3 is 2.40 bits per heavy atom. The van der Waals surface area contributed by atoms with Crippen LogP contribution in [-0.4, -0.2) is 100 Å². The number of nitrogens with one attached hydrogen (secondary N) is 1. The summed E-state index contributed by atoms with van der Waals surface area (Å²) in [4.78, 5) is 39.5. The van der Waals surface area contributed by atoms with Crippen molar-refractivity contribution in [2.45, 2.75) is 32.0 Å². The van der Waals surface area contributed by atoms with Crippen molar-refractivity contribution in [3.05, 3.63) is 65.9 Å². The molecule has 0 spiro atoms. The Morgan fingerprint density at radius 2 is 1.74 bits per heavy atom. The molecule has 2 saturated heterocycles. The number of benzene rings is 2. The minimum absolute atomic E-state index is 0.0329.